The Hall–Kier alpha value is -0.180. The van der Waals surface area contributed by atoms with Crippen LogP contribution >= 0.6 is 23.4 Å². The summed E-state index contributed by atoms with van der Waals surface area (Å²) in [6.45, 7) is 0.835. The molecular weight excluding hydrogens is 238 g/mol. The molecule has 0 radical (unpaired) electrons. The van der Waals surface area contributed by atoms with Crippen LogP contribution in [0.4, 0.5) is 0 Å². The van der Waals surface area contributed by atoms with Gasteiger partial charge in [0.1, 0.15) is 0 Å². The fraction of sp³-hybridized carbons (Fsp3) is 0.538. The molecule has 1 nitrogen and oxygen atoms in total. The fourth-order valence-electron chi connectivity index (χ4n) is 1.92. The largest absolute Gasteiger partial charge is 0.330 e. The molecule has 1 aliphatic carbocycles. The highest BCUT2D eigenvalue weighted by atomic mass is 35.5. The van der Waals surface area contributed by atoms with Crippen LogP contribution in [0.1, 0.15) is 24.8 Å². The van der Waals surface area contributed by atoms with Crippen molar-refractivity contribution < 1.29 is 0 Å². The van der Waals surface area contributed by atoms with Crippen LogP contribution in [-0.4, -0.2) is 12.3 Å². The highest BCUT2D eigenvalue weighted by Gasteiger charge is 2.41. The van der Waals surface area contributed by atoms with Crippen molar-refractivity contribution >= 4 is 23.4 Å². The minimum atomic E-state index is 0.589. The predicted molar refractivity (Wildman–Crippen MR) is 73.0 cm³/mol. The summed E-state index contributed by atoms with van der Waals surface area (Å²) in [5.41, 5.74) is 7.58. The summed E-state index contributed by atoms with van der Waals surface area (Å²) >= 11 is 7.87. The van der Waals surface area contributed by atoms with Gasteiger partial charge < -0.3 is 5.73 Å². The molecule has 88 valence electrons. The number of hydrogen-bond acceptors (Lipinski definition) is 2. The molecule has 0 bridgehead atoms. The molecule has 0 saturated heterocycles. The van der Waals surface area contributed by atoms with Gasteiger partial charge in [0.15, 0.2) is 0 Å². The summed E-state index contributed by atoms with van der Waals surface area (Å²) in [6.07, 6.45) is 3.94. The second-order valence-corrected chi connectivity index (χ2v) is 6.08. The lowest BCUT2D eigenvalue weighted by Gasteiger charge is -2.12. The van der Waals surface area contributed by atoms with Crippen LogP contribution in [0.25, 0.3) is 0 Å². The van der Waals surface area contributed by atoms with Gasteiger partial charge in [0.25, 0.3) is 0 Å². The molecule has 0 aliphatic heterocycles. The summed E-state index contributed by atoms with van der Waals surface area (Å²) in [4.78, 5) is 0. The molecule has 0 unspecified atom stereocenters. The lowest BCUT2D eigenvalue weighted by Crippen LogP contribution is -2.11. The van der Waals surface area contributed by atoms with E-state index in [2.05, 4.69) is 12.1 Å². The topological polar surface area (TPSA) is 26.0 Å². The standard InChI is InChI=1S/C13H18ClNS/c14-12-3-1-11(2-4-12)9-16-10-13(5-6-13)7-8-15/h1-4H,5-10,15H2. The minimum Gasteiger partial charge on any atom is -0.330 e. The molecule has 0 atom stereocenters. The van der Waals surface area contributed by atoms with E-state index in [1.807, 2.05) is 23.9 Å². The van der Waals surface area contributed by atoms with Crippen LogP contribution in [0.15, 0.2) is 24.3 Å². The van der Waals surface area contributed by atoms with Crippen molar-refractivity contribution in [3.8, 4) is 0 Å². The molecule has 0 heterocycles. The number of hydrogen-bond donors (Lipinski definition) is 1. The molecule has 2 N–H and O–H groups in total. The van der Waals surface area contributed by atoms with Crippen LogP contribution in [0, 0.1) is 5.41 Å². The van der Waals surface area contributed by atoms with Crippen LogP contribution in [0.3, 0.4) is 0 Å². The number of halogens is 1. The smallest absolute Gasteiger partial charge is 0.0406 e. The minimum absolute atomic E-state index is 0.589. The average molecular weight is 256 g/mol. The summed E-state index contributed by atoms with van der Waals surface area (Å²) in [7, 11) is 0. The Balaban J connectivity index is 1.74. The number of thioether (sulfide) groups is 1. The van der Waals surface area contributed by atoms with Gasteiger partial charge in [-0.25, -0.2) is 0 Å². The number of benzene rings is 1. The SMILES string of the molecule is NCCC1(CSCc2ccc(Cl)cc2)CC1. The molecule has 3 heteroatoms. The average Bonchev–Trinajstić information content (AvgIpc) is 3.02. The van der Waals surface area contributed by atoms with Gasteiger partial charge in [-0.2, -0.15) is 11.8 Å². The molecule has 0 spiro atoms. The lowest BCUT2D eigenvalue weighted by atomic mass is 10.1. The van der Waals surface area contributed by atoms with Crippen LogP contribution in [0.5, 0.6) is 0 Å². The molecule has 16 heavy (non-hydrogen) atoms. The van der Waals surface area contributed by atoms with Crippen molar-refractivity contribution in [2.45, 2.75) is 25.0 Å². The van der Waals surface area contributed by atoms with Crippen molar-refractivity contribution in [2.24, 2.45) is 11.1 Å². The molecule has 0 amide bonds. The van der Waals surface area contributed by atoms with Crippen molar-refractivity contribution in [3.05, 3.63) is 34.9 Å². The van der Waals surface area contributed by atoms with E-state index in [9.17, 15) is 0 Å². The van der Waals surface area contributed by atoms with E-state index >= 15 is 0 Å². The molecule has 0 aromatic heterocycles. The Morgan fingerprint density at radius 2 is 1.94 bits per heavy atom. The summed E-state index contributed by atoms with van der Waals surface area (Å²) < 4.78 is 0. The third kappa shape index (κ3) is 3.41. The molecule has 1 aliphatic rings. The zero-order chi connectivity index (χ0) is 11.4. The molecule has 1 aromatic carbocycles. The van der Waals surface area contributed by atoms with E-state index in [0.717, 1.165) is 17.3 Å². The first-order valence-corrected chi connectivity index (χ1v) is 7.30. The molecule has 2 rings (SSSR count). The lowest BCUT2D eigenvalue weighted by molar-refractivity contribution is 0.537. The van der Waals surface area contributed by atoms with Gasteiger partial charge in [0.2, 0.25) is 0 Å². The Labute approximate surface area is 107 Å². The first-order valence-electron chi connectivity index (χ1n) is 5.76. The van der Waals surface area contributed by atoms with Gasteiger partial charge in [-0.3, -0.25) is 0 Å². The van der Waals surface area contributed by atoms with Crippen molar-refractivity contribution in [1.29, 1.82) is 0 Å². The Morgan fingerprint density at radius 1 is 1.25 bits per heavy atom. The Bertz CT molecular complexity index is 332. The predicted octanol–water partition coefficient (Wildman–Crippen LogP) is 3.70. The Kier molecular flexibility index (Phi) is 4.17. The van der Waals surface area contributed by atoms with E-state index < -0.39 is 0 Å². The van der Waals surface area contributed by atoms with Crippen molar-refractivity contribution in [2.75, 3.05) is 12.3 Å². The van der Waals surface area contributed by atoms with E-state index in [-0.39, 0.29) is 0 Å². The third-order valence-corrected chi connectivity index (χ3v) is 4.83. The number of nitrogens with two attached hydrogens (primary N) is 1. The highest BCUT2D eigenvalue weighted by molar-refractivity contribution is 7.98. The summed E-state index contributed by atoms with van der Waals surface area (Å²) in [5.74, 6) is 2.34. The second kappa shape index (κ2) is 5.44. The zero-order valence-electron chi connectivity index (χ0n) is 9.42. The molecule has 1 aromatic rings. The summed E-state index contributed by atoms with van der Waals surface area (Å²) in [5, 5.41) is 0.815. The maximum Gasteiger partial charge on any atom is 0.0406 e. The monoisotopic (exact) mass is 255 g/mol. The van der Waals surface area contributed by atoms with Gasteiger partial charge in [-0.1, -0.05) is 23.7 Å². The van der Waals surface area contributed by atoms with E-state index in [1.165, 1.54) is 30.6 Å². The van der Waals surface area contributed by atoms with Crippen LogP contribution in [-0.2, 0) is 5.75 Å². The van der Waals surface area contributed by atoms with E-state index in [4.69, 9.17) is 17.3 Å². The van der Waals surface area contributed by atoms with Gasteiger partial charge in [-0.05, 0) is 54.7 Å². The third-order valence-electron chi connectivity index (χ3n) is 3.22. The second-order valence-electron chi connectivity index (χ2n) is 4.66. The number of rotatable bonds is 6. The van der Waals surface area contributed by atoms with Gasteiger partial charge in [-0.15, -0.1) is 0 Å². The molecule has 1 fully saturated rings. The summed E-state index contributed by atoms with van der Waals surface area (Å²) in [6, 6.07) is 8.14. The Morgan fingerprint density at radius 3 is 2.50 bits per heavy atom. The van der Waals surface area contributed by atoms with Crippen molar-refractivity contribution in [1.82, 2.24) is 0 Å². The van der Waals surface area contributed by atoms with Gasteiger partial charge >= 0.3 is 0 Å². The van der Waals surface area contributed by atoms with Gasteiger partial charge in [0.05, 0.1) is 0 Å². The first kappa shape index (κ1) is 12.3. The maximum absolute atomic E-state index is 5.85. The highest BCUT2D eigenvalue weighted by Crippen LogP contribution is 2.50. The quantitative estimate of drug-likeness (QED) is 0.839. The molecule has 1 saturated carbocycles. The molecular formula is C13H18ClNS. The van der Waals surface area contributed by atoms with E-state index in [0.29, 0.717) is 5.41 Å². The van der Waals surface area contributed by atoms with E-state index in [1.54, 1.807) is 0 Å². The first-order chi connectivity index (χ1) is 7.74. The zero-order valence-corrected chi connectivity index (χ0v) is 11.0. The normalized spacial score (nSPS) is 17.4. The fourth-order valence-corrected chi connectivity index (χ4v) is 3.44. The van der Waals surface area contributed by atoms with Gasteiger partial charge in [0, 0.05) is 10.8 Å². The van der Waals surface area contributed by atoms with Crippen LogP contribution in [0.2, 0.25) is 5.02 Å². The van der Waals surface area contributed by atoms with Crippen LogP contribution < -0.4 is 5.73 Å². The van der Waals surface area contributed by atoms with Crippen molar-refractivity contribution in [3.63, 3.8) is 0 Å². The maximum atomic E-state index is 5.85.